The predicted molar refractivity (Wildman–Crippen MR) is 138 cm³/mol. The molecule has 3 amide bonds. The monoisotopic (exact) mass is 491 g/mol. The Hall–Kier alpha value is -2.77. The Morgan fingerprint density at radius 1 is 1.00 bits per heavy atom. The summed E-state index contributed by atoms with van der Waals surface area (Å²) in [7, 11) is 0. The molecule has 0 saturated carbocycles. The summed E-state index contributed by atoms with van der Waals surface area (Å²) in [4.78, 5) is 40.4. The van der Waals surface area contributed by atoms with Gasteiger partial charge in [0.05, 0.1) is 0 Å². The Balaban J connectivity index is 3.17. The first-order valence-corrected chi connectivity index (χ1v) is 12.6. The van der Waals surface area contributed by atoms with Gasteiger partial charge in [0.15, 0.2) is 0 Å². The van der Waals surface area contributed by atoms with Gasteiger partial charge >= 0.3 is 6.09 Å². The lowest BCUT2D eigenvalue weighted by atomic mass is 10.0. The van der Waals surface area contributed by atoms with E-state index >= 15 is 0 Å². The van der Waals surface area contributed by atoms with Crippen LogP contribution in [0.25, 0.3) is 0 Å². The molecule has 198 valence electrons. The number of aromatic hydroxyl groups is 1. The fraction of sp³-hybridized carbons (Fsp3) is 0.667. The summed E-state index contributed by atoms with van der Waals surface area (Å²) in [6.45, 7) is 13.0. The zero-order valence-corrected chi connectivity index (χ0v) is 22.6. The van der Waals surface area contributed by atoms with Crippen LogP contribution >= 0.6 is 0 Å². The molecule has 0 radical (unpaired) electrons. The van der Waals surface area contributed by atoms with Gasteiger partial charge in [0.1, 0.15) is 23.9 Å². The molecular weight excluding hydrogens is 446 g/mol. The van der Waals surface area contributed by atoms with Gasteiger partial charge in [-0.2, -0.15) is 0 Å². The quantitative estimate of drug-likeness (QED) is 0.354. The highest BCUT2D eigenvalue weighted by Gasteiger charge is 2.33. The maximum Gasteiger partial charge on any atom is 0.408 e. The fourth-order valence-corrected chi connectivity index (χ4v) is 3.63. The molecule has 0 fully saturated rings. The average molecular weight is 492 g/mol. The molecule has 0 aliphatic heterocycles. The smallest absolute Gasteiger partial charge is 0.408 e. The van der Waals surface area contributed by atoms with E-state index in [9.17, 15) is 19.5 Å². The zero-order valence-electron chi connectivity index (χ0n) is 22.6. The van der Waals surface area contributed by atoms with Gasteiger partial charge in [-0.05, 0) is 65.7 Å². The second kappa shape index (κ2) is 14.0. The fourth-order valence-electron chi connectivity index (χ4n) is 3.63. The van der Waals surface area contributed by atoms with Crippen molar-refractivity contribution in [2.24, 2.45) is 0 Å². The number of ether oxygens (including phenoxy) is 1. The van der Waals surface area contributed by atoms with E-state index < -0.39 is 29.2 Å². The minimum Gasteiger partial charge on any atom is -0.508 e. The van der Waals surface area contributed by atoms with Gasteiger partial charge in [-0.15, -0.1) is 0 Å². The lowest BCUT2D eigenvalue weighted by Crippen LogP contribution is -2.51. The number of hydrogen-bond acceptors (Lipinski definition) is 5. The van der Waals surface area contributed by atoms with Gasteiger partial charge in [0, 0.05) is 12.1 Å². The minimum absolute atomic E-state index is 0.00917. The van der Waals surface area contributed by atoms with Crippen LogP contribution in [0.5, 0.6) is 5.75 Å². The largest absolute Gasteiger partial charge is 0.508 e. The van der Waals surface area contributed by atoms with E-state index in [0.717, 1.165) is 32.1 Å². The Morgan fingerprint density at radius 2 is 1.63 bits per heavy atom. The van der Waals surface area contributed by atoms with Crippen LogP contribution in [-0.4, -0.2) is 52.1 Å². The van der Waals surface area contributed by atoms with Crippen molar-refractivity contribution < 1.29 is 24.2 Å². The number of carbonyl (C=O) groups is 3. The third kappa shape index (κ3) is 12.5. The molecule has 8 heteroatoms. The summed E-state index contributed by atoms with van der Waals surface area (Å²) in [5.41, 5.74) is -0.707. The van der Waals surface area contributed by atoms with E-state index in [0.29, 0.717) is 12.1 Å². The van der Waals surface area contributed by atoms with Crippen LogP contribution < -0.4 is 10.6 Å². The average Bonchev–Trinajstić information content (AvgIpc) is 2.71. The third-order valence-electron chi connectivity index (χ3n) is 5.10. The zero-order chi connectivity index (χ0) is 26.6. The molecule has 0 aromatic heterocycles. The van der Waals surface area contributed by atoms with Crippen molar-refractivity contribution >= 4 is 17.9 Å². The first-order valence-electron chi connectivity index (χ1n) is 12.6. The van der Waals surface area contributed by atoms with Crippen molar-refractivity contribution in [2.75, 3.05) is 13.1 Å². The molecule has 1 rings (SSSR count). The number of nitrogens with one attached hydrogen (secondary N) is 2. The van der Waals surface area contributed by atoms with Crippen LogP contribution in [0.15, 0.2) is 24.3 Å². The topological polar surface area (TPSA) is 108 Å². The molecule has 3 N–H and O–H groups in total. The summed E-state index contributed by atoms with van der Waals surface area (Å²) in [5.74, 6) is -0.739. The first-order chi connectivity index (χ1) is 16.2. The highest BCUT2D eigenvalue weighted by molar-refractivity contribution is 5.90. The summed E-state index contributed by atoms with van der Waals surface area (Å²) in [6, 6.07) is 5.43. The van der Waals surface area contributed by atoms with E-state index in [1.165, 1.54) is 23.5 Å². The minimum atomic E-state index is -0.954. The maximum atomic E-state index is 13.4. The summed E-state index contributed by atoms with van der Waals surface area (Å²) >= 11 is 0. The number of phenols is 1. The number of hydrogen-bond donors (Lipinski definition) is 3. The number of alkyl carbamates (subject to hydrolysis) is 1. The predicted octanol–water partition coefficient (Wildman–Crippen LogP) is 5.06. The van der Waals surface area contributed by atoms with Crippen LogP contribution in [0.4, 0.5) is 4.79 Å². The Bertz CT molecular complexity index is 827. The molecule has 0 spiro atoms. The van der Waals surface area contributed by atoms with Crippen molar-refractivity contribution in [3.63, 3.8) is 0 Å². The van der Waals surface area contributed by atoms with Gasteiger partial charge in [-0.3, -0.25) is 9.59 Å². The van der Waals surface area contributed by atoms with E-state index in [-0.39, 0.29) is 18.2 Å². The van der Waals surface area contributed by atoms with E-state index in [2.05, 4.69) is 17.6 Å². The Morgan fingerprint density at radius 3 is 2.20 bits per heavy atom. The maximum absolute atomic E-state index is 13.4. The molecule has 0 bridgehead atoms. The van der Waals surface area contributed by atoms with Gasteiger partial charge in [0.2, 0.25) is 11.8 Å². The number of nitrogens with zero attached hydrogens (tertiary/aromatic N) is 1. The van der Waals surface area contributed by atoms with Gasteiger partial charge in [-0.25, -0.2) is 4.79 Å². The molecule has 1 atom stereocenters. The standard InChI is InChI=1S/C27H45N3O5/c1-8-9-10-11-12-13-17-30(22(32)19-28-25(34)35-27(5,6)7)23(24(33)29-26(2,3)4)20-15-14-16-21(31)18-20/h14-16,18,23,31H,8-13,17,19H2,1-7H3,(H,28,34)(H,29,33). The van der Waals surface area contributed by atoms with Crippen molar-refractivity contribution in [3.05, 3.63) is 29.8 Å². The van der Waals surface area contributed by atoms with Crippen LogP contribution in [0.1, 0.15) is 98.6 Å². The van der Waals surface area contributed by atoms with Crippen LogP contribution in [0.2, 0.25) is 0 Å². The highest BCUT2D eigenvalue weighted by atomic mass is 16.6. The number of carbonyl (C=O) groups excluding carboxylic acids is 3. The third-order valence-corrected chi connectivity index (χ3v) is 5.10. The lowest BCUT2D eigenvalue weighted by Gasteiger charge is -2.34. The number of amides is 3. The molecule has 0 aliphatic rings. The van der Waals surface area contributed by atoms with Crippen molar-refractivity contribution in [1.29, 1.82) is 0 Å². The van der Waals surface area contributed by atoms with E-state index in [1.807, 2.05) is 20.8 Å². The molecular formula is C27H45N3O5. The number of benzene rings is 1. The number of phenolic OH excluding ortho intramolecular Hbond substituents is 1. The first kappa shape index (κ1) is 30.3. The molecule has 8 nitrogen and oxygen atoms in total. The molecule has 0 aliphatic carbocycles. The molecule has 0 heterocycles. The second-order valence-corrected chi connectivity index (χ2v) is 10.9. The van der Waals surface area contributed by atoms with Crippen LogP contribution in [-0.2, 0) is 14.3 Å². The molecule has 1 aromatic rings. The van der Waals surface area contributed by atoms with Crippen LogP contribution in [0.3, 0.4) is 0 Å². The van der Waals surface area contributed by atoms with Gasteiger partial charge in [-0.1, -0.05) is 51.2 Å². The van der Waals surface area contributed by atoms with Crippen molar-refractivity contribution in [1.82, 2.24) is 15.5 Å². The Kier molecular flexibility index (Phi) is 12.1. The molecule has 1 unspecified atom stereocenters. The number of unbranched alkanes of at least 4 members (excludes halogenated alkanes) is 5. The SMILES string of the molecule is CCCCCCCCN(C(=O)CNC(=O)OC(C)(C)C)C(C(=O)NC(C)(C)C)c1cccc(O)c1. The van der Waals surface area contributed by atoms with Crippen molar-refractivity contribution in [2.45, 2.75) is 104 Å². The van der Waals surface area contributed by atoms with E-state index in [4.69, 9.17) is 4.74 Å². The normalized spacial score (nSPS) is 12.5. The summed E-state index contributed by atoms with van der Waals surface area (Å²) < 4.78 is 5.24. The summed E-state index contributed by atoms with van der Waals surface area (Å²) in [6.07, 6.45) is 5.45. The second-order valence-electron chi connectivity index (χ2n) is 10.9. The summed E-state index contributed by atoms with van der Waals surface area (Å²) in [5, 5.41) is 15.5. The molecule has 0 saturated heterocycles. The van der Waals surface area contributed by atoms with Gasteiger partial charge in [0.25, 0.3) is 0 Å². The molecule has 1 aromatic carbocycles. The molecule has 35 heavy (non-hydrogen) atoms. The van der Waals surface area contributed by atoms with E-state index in [1.54, 1.807) is 32.9 Å². The number of rotatable bonds is 12. The Labute approximate surface area is 210 Å². The van der Waals surface area contributed by atoms with Crippen molar-refractivity contribution in [3.8, 4) is 5.75 Å². The highest BCUT2D eigenvalue weighted by Crippen LogP contribution is 2.26. The van der Waals surface area contributed by atoms with Gasteiger partial charge < -0.3 is 25.4 Å². The van der Waals surface area contributed by atoms with Crippen LogP contribution in [0, 0.1) is 0 Å². The lowest BCUT2D eigenvalue weighted by molar-refractivity contribution is -0.141.